The topological polar surface area (TPSA) is 78.9 Å². The van der Waals surface area contributed by atoms with E-state index in [0.29, 0.717) is 6.42 Å². The first-order chi connectivity index (χ1) is 7.50. The van der Waals surface area contributed by atoms with Gasteiger partial charge in [0, 0.05) is 18.4 Å². The van der Waals surface area contributed by atoms with Crippen LogP contribution < -0.4 is 0 Å². The summed E-state index contributed by atoms with van der Waals surface area (Å²) in [5.41, 5.74) is 0.211. The van der Waals surface area contributed by atoms with E-state index in [1.54, 1.807) is 0 Å². The highest BCUT2D eigenvalue weighted by Gasteiger charge is 2.31. The monoisotopic (exact) mass is 228 g/mol. The highest BCUT2D eigenvalue weighted by Crippen LogP contribution is 2.14. The minimum atomic E-state index is -0.879. The highest BCUT2D eigenvalue weighted by atomic mass is 16.7. The van der Waals surface area contributed by atoms with E-state index in [1.807, 2.05) is 0 Å². The molecular weight excluding hydrogens is 216 g/mol. The van der Waals surface area contributed by atoms with Crippen LogP contribution in [0.3, 0.4) is 0 Å². The molecule has 1 rings (SSSR count). The van der Waals surface area contributed by atoms with E-state index in [1.165, 1.54) is 6.92 Å². The van der Waals surface area contributed by atoms with Gasteiger partial charge in [0.1, 0.15) is 0 Å². The maximum absolute atomic E-state index is 11.2. The van der Waals surface area contributed by atoms with E-state index in [0.717, 1.165) is 0 Å². The third kappa shape index (κ3) is 3.38. The first-order valence-corrected chi connectivity index (χ1v) is 4.69. The van der Waals surface area contributed by atoms with Crippen LogP contribution >= 0.6 is 0 Å². The van der Waals surface area contributed by atoms with Gasteiger partial charge in [0.25, 0.3) is 0 Å². The largest absolute Gasteiger partial charge is 0.450 e. The van der Waals surface area contributed by atoms with E-state index in [2.05, 4.69) is 20.8 Å². The van der Waals surface area contributed by atoms with Gasteiger partial charge in [-0.1, -0.05) is 6.58 Å². The Morgan fingerprint density at radius 1 is 1.50 bits per heavy atom. The van der Waals surface area contributed by atoms with Gasteiger partial charge in [-0.25, -0.2) is 9.59 Å². The Labute approximate surface area is 92.2 Å². The van der Waals surface area contributed by atoms with E-state index in [4.69, 9.17) is 0 Å². The van der Waals surface area contributed by atoms with Gasteiger partial charge < -0.3 is 14.2 Å². The van der Waals surface area contributed by atoms with Crippen molar-refractivity contribution in [2.75, 3.05) is 6.79 Å². The number of hydrogen-bond donors (Lipinski definition) is 0. The zero-order valence-corrected chi connectivity index (χ0v) is 8.86. The zero-order chi connectivity index (χ0) is 12.1. The van der Waals surface area contributed by atoms with Gasteiger partial charge in [-0.15, -0.1) is 0 Å². The summed E-state index contributed by atoms with van der Waals surface area (Å²) in [5, 5.41) is 0. The molecule has 1 fully saturated rings. The molecule has 0 radical (unpaired) electrons. The van der Waals surface area contributed by atoms with E-state index in [9.17, 15) is 14.4 Å². The number of ether oxygens (including phenoxy) is 3. The van der Waals surface area contributed by atoms with Crippen molar-refractivity contribution in [2.45, 2.75) is 25.9 Å². The number of rotatable bonds is 4. The fourth-order valence-corrected chi connectivity index (χ4v) is 1.05. The van der Waals surface area contributed by atoms with Crippen LogP contribution in [-0.4, -0.2) is 30.8 Å². The minimum Gasteiger partial charge on any atom is -0.450 e. The van der Waals surface area contributed by atoms with Gasteiger partial charge in [0.2, 0.25) is 6.79 Å². The van der Waals surface area contributed by atoms with Crippen molar-refractivity contribution in [3.63, 3.8) is 0 Å². The van der Waals surface area contributed by atoms with Crippen molar-refractivity contribution in [1.82, 2.24) is 0 Å². The van der Waals surface area contributed by atoms with Gasteiger partial charge in [0.15, 0.2) is 6.10 Å². The molecule has 0 amide bonds. The lowest BCUT2D eigenvalue weighted by atomic mass is 10.2. The van der Waals surface area contributed by atoms with Gasteiger partial charge in [-0.05, 0) is 6.92 Å². The molecule has 88 valence electrons. The summed E-state index contributed by atoms with van der Waals surface area (Å²) in [4.78, 5) is 32.8. The molecule has 6 heteroatoms. The van der Waals surface area contributed by atoms with Gasteiger partial charge in [-0.2, -0.15) is 0 Å². The molecule has 0 bridgehead atoms. The quantitative estimate of drug-likeness (QED) is 0.391. The SMILES string of the molecule is C=C(C)C(=O)OCOC(=O)C1CCC(=O)O1. The average Bonchev–Trinajstić information content (AvgIpc) is 2.64. The molecule has 1 aliphatic heterocycles. The summed E-state index contributed by atoms with van der Waals surface area (Å²) in [5.74, 6) is -1.78. The number of carbonyl (C=O) groups is 3. The second-order valence-electron chi connectivity index (χ2n) is 3.31. The zero-order valence-electron chi connectivity index (χ0n) is 8.86. The van der Waals surface area contributed by atoms with Crippen molar-refractivity contribution < 1.29 is 28.6 Å². The minimum absolute atomic E-state index is 0.200. The number of esters is 3. The van der Waals surface area contributed by atoms with Crippen LogP contribution in [0.15, 0.2) is 12.2 Å². The lowest BCUT2D eigenvalue weighted by molar-refractivity contribution is -0.174. The molecule has 1 atom stereocenters. The Morgan fingerprint density at radius 3 is 2.69 bits per heavy atom. The smallest absolute Gasteiger partial charge is 0.350 e. The van der Waals surface area contributed by atoms with Crippen LogP contribution in [0.4, 0.5) is 0 Å². The highest BCUT2D eigenvalue weighted by molar-refractivity contribution is 5.87. The van der Waals surface area contributed by atoms with Crippen molar-refractivity contribution >= 4 is 17.9 Å². The third-order valence-corrected chi connectivity index (χ3v) is 1.89. The normalized spacial score (nSPS) is 18.8. The lowest BCUT2D eigenvalue weighted by Crippen LogP contribution is -2.24. The summed E-state index contributed by atoms with van der Waals surface area (Å²) in [6, 6.07) is 0. The summed E-state index contributed by atoms with van der Waals surface area (Å²) in [7, 11) is 0. The Balaban J connectivity index is 2.23. The molecule has 0 aliphatic carbocycles. The molecule has 16 heavy (non-hydrogen) atoms. The second kappa shape index (κ2) is 5.29. The van der Waals surface area contributed by atoms with Crippen LogP contribution in [0.1, 0.15) is 19.8 Å². The summed E-state index contributed by atoms with van der Waals surface area (Å²) >= 11 is 0. The number of carbonyl (C=O) groups excluding carboxylic acids is 3. The molecule has 1 heterocycles. The maximum atomic E-state index is 11.2. The number of hydrogen-bond acceptors (Lipinski definition) is 6. The van der Waals surface area contributed by atoms with Crippen LogP contribution in [0.2, 0.25) is 0 Å². The summed E-state index contributed by atoms with van der Waals surface area (Å²) < 4.78 is 13.8. The van der Waals surface area contributed by atoms with Gasteiger partial charge in [0.05, 0.1) is 0 Å². The molecule has 0 N–H and O–H groups in total. The molecule has 1 aliphatic rings. The van der Waals surface area contributed by atoms with Crippen molar-refractivity contribution in [1.29, 1.82) is 0 Å². The van der Waals surface area contributed by atoms with Crippen LogP contribution in [0, 0.1) is 0 Å². The van der Waals surface area contributed by atoms with Gasteiger partial charge in [-0.3, -0.25) is 4.79 Å². The molecule has 0 aromatic rings. The molecule has 1 unspecified atom stereocenters. The Hall–Kier alpha value is -1.85. The Morgan fingerprint density at radius 2 is 2.19 bits per heavy atom. The molecule has 1 saturated heterocycles. The van der Waals surface area contributed by atoms with E-state index >= 15 is 0 Å². The Kier molecular flexibility index (Phi) is 4.04. The Bertz CT molecular complexity index is 332. The predicted octanol–water partition coefficient (Wildman–Crippen LogP) is 0.312. The third-order valence-electron chi connectivity index (χ3n) is 1.89. The van der Waals surface area contributed by atoms with Crippen molar-refractivity contribution in [3.05, 3.63) is 12.2 Å². The summed E-state index contributed by atoms with van der Waals surface area (Å²) in [6.45, 7) is 4.33. The number of cyclic esters (lactones) is 1. The van der Waals surface area contributed by atoms with E-state index in [-0.39, 0.29) is 12.0 Å². The average molecular weight is 228 g/mol. The predicted molar refractivity (Wildman–Crippen MR) is 51.0 cm³/mol. The lowest BCUT2D eigenvalue weighted by Gasteiger charge is -2.09. The van der Waals surface area contributed by atoms with Crippen LogP contribution in [0.25, 0.3) is 0 Å². The standard InChI is InChI=1S/C10H12O6/c1-6(2)9(12)14-5-15-10(13)7-3-4-8(11)16-7/h7H,1,3-5H2,2H3. The molecule has 0 spiro atoms. The second-order valence-corrected chi connectivity index (χ2v) is 3.31. The molecule has 0 saturated carbocycles. The van der Waals surface area contributed by atoms with E-state index < -0.39 is 30.8 Å². The fraction of sp³-hybridized carbons (Fsp3) is 0.500. The maximum Gasteiger partial charge on any atom is 0.350 e. The van der Waals surface area contributed by atoms with Crippen molar-refractivity contribution in [2.24, 2.45) is 0 Å². The fourth-order valence-electron chi connectivity index (χ4n) is 1.05. The first-order valence-electron chi connectivity index (χ1n) is 4.69. The van der Waals surface area contributed by atoms with Crippen molar-refractivity contribution in [3.8, 4) is 0 Å². The van der Waals surface area contributed by atoms with Crippen LogP contribution in [0.5, 0.6) is 0 Å². The van der Waals surface area contributed by atoms with Crippen LogP contribution in [-0.2, 0) is 28.6 Å². The summed E-state index contributed by atoms with van der Waals surface area (Å²) in [6.07, 6.45) is -0.381. The molecule has 6 nitrogen and oxygen atoms in total. The molecular formula is C10H12O6. The molecule has 0 aromatic heterocycles. The first kappa shape index (κ1) is 12.2. The van der Waals surface area contributed by atoms with Gasteiger partial charge >= 0.3 is 17.9 Å². The molecule has 0 aromatic carbocycles.